The summed E-state index contributed by atoms with van der Waals surface area (Å²) >= 11 is 7.54. The van der Waals surface area contributed by atoms with E-state index in [0.717, 1.165) is 18.6 Å². The first-order valence-electron chi connectivity index (χ1n) is 10.5. The van der Waals surface area contributed by atoms with Crippen LogP contribution in [0.3, 0.4) is 0 Å². The number of amides is 2. The molecule has 2 aromatic carbocycles. The Morgan fingerprint density at radius 1 is 1.18 bits per heavy atom. The van der Waals surface area contributed by atoms with Gasteiger partial charge in [0, 0.05) is 19.3 Å². The summed E-state index contributed by atoms with van der Waals surface area (Å²) in [7, 11) is 3.45. The van der Waals surface area contributed by atoms with Gasteiger partial charge >= 0.3 is 0 Å². The molecule has 3 aromatic rings. The second-order valence-electron chi connectivity index (χ2n) is 7.60. The van der Waals surface area contributed by atoms with Gasteiger partial charge in [-0.15, -0.1) is 10.2 Å². The zero-order chi connectivity index (χ0) is 23.4. The lowest BCUT2D eigenvalue weighted by Crippen LogP contribution is -2.32. The molecule has 2 amide bonds. The summed E-state index contributed by atoms with van der Waals surface area (Å²) < 4.78 is 6.98. The van der Waals surface area contributed by atoms with Gasteiger partial charge in [-0.05, 0) is 49.2 Å². The van der Waals surface area contributed by atoms with E-state index in [-0.39, 0.29) is 23.6 Å². The molecule has 0 spiro atoms. The normalized spacial score (nSPS) is 15.5. The smallest absolute Gasteiger partial charge is 0.255 e. The predicted octanol–water partition coefficient (Wildman–Crippen LogP) is 4.19. The molecule has 1 unspecified atom stereocenters. The van der Waals surface area contributed by atoms with Crippen molar-refractivity contribution in [1.29, 1.82) is 0 Å². The number of methoxy groups -OCH3 is 1. The Labute approximate surface area is 201 Å². The van der Waals surface area contributed by atoms with Crippen LogP contribution in [-0.2, 0) is 11.8 Å². The molecule has 4 rings (SSSR count). The van der Waals surface area contributed by atoms with Gasteiger partial charge in [0.1, 0.15) is 5.75 Å². The second-order valence-corrected chi connectivity index (χ2v) is 8.95. The fourth-order valence-electron chi connectivity index (χ4n) is 3.81. The predicted molar refractivity (Wildman–Crippen MR) is 128 cm³/mol. The Bertz CT molecular complexity index is 1150. The highest BCUT2D eigenvalue weighted by atomic mass is 35.5. The van der Waals surface area contributed by atoms with E-state index in [2.05, 4.69) is 15.5 Å². The molecule has 172 valence electrons. The maximum Gasteiger partial charge on any atom is 0.255 e. The van der Waals surface area contributed by atoms with Crippen LogP contribution < -0.4 is 10.1 Å². The van der Waals surface area contributed by atoms with Crippen molar-refractivity contribution in [3.05, 3.63) is 64.9 Å². The number of rotatable bonds is 7. The fourth-order valence-corrected chi connectivity index (χ4v) is 4.75. The van der Waals surface area contributed by atoms with Crippen molar-refractivity contribution in [3.63, 3.8) is 0 Å². The molecule has 1 atom stereocenters. The Morgan fingerprint density at radius 2 is 1.94 bits per heavy atom. The quantitative estimate of drug-likeness (QED) is 0.505. The van der Waals surface area contributed by atoms with Crippen LogP contribution in [0.4, 0.5) is 5.69 Å². The van der Waals surface area contributed by atoms with Gasteiger partial charge < -0.3 is 19.5 Å². The molecule has 10 heteroatoms. The van der Waals surface area contributed by atoms with Crippen molar-refractivity contribution in [3.8, 4) is 5.75 Å². The summed E-state index contributed by atoms with van der Waals surface area (Å²) in [5, 5.41) is 12.5. The minimum absolute atomic E-state index is 0.112. The molecule has 1 fully saturated rings. The largest absolute Gasteiger partial charge is 0.497 e. The third-order valence-electron chi connectivity index (χ3n) is 5.49. The number of nitrogens with zero attached hydrogens (tertiary/aromatic N) is 4. The first kappa shape index (κ1) is 23.1. The van der Waals surface area contributed by atoms with Gasteiger partial charge in [0.25, 0.3) is 5.91 Å². The van der Waals surface area contributed by atoms with E-state index < -0.39 is 0 Å². The molecule has 8 nitrogen and oxygen atoms in total. The Balaban J connectivity index is 1.41. The van der Waals surface area contributed by atoms with Crippen LogP contribution in [0.2, 0.25) is 5.02 Å². The number of halogens is 1. The number of hydrogen-bond acceptors (Lipinski definition) is 6. The second kappa shape index (κ2) is 10.3. The lowest BCUT2D eigenvalue weighted by atomic mass is 10.1. The summed E-state index contributed by atoms with van der Waals surface area (Å²) in [4.78, 5) is 27.3. The average molecular weight is 486 g/mol. The van der Waals surface area contributed by atoms with Crippen LogP contribution in [-0.4, -0.2) is 50.9 Å². The van der Waals surface area contributed by atoms with Crippen LogP contribution in [0.1, 0.15) is 35.1 Å². The van der Waals surface area contributed by atoms with Gasteiger partial charge in [0.05, 0.1) is 29.5 Å². The summed E-state index contributed by atoms with van der Waals surface area (Å²) in [6.07, 6.45) is 1.67. The minimum Gasteiger partial charge on any atom is -0.497 e. The van der Waals surface area contributed by atoms with Gasteiger partial charge in [0.15, 0.2) is 11.0 Å². The van der Waals surface area contributed by atoms with E-state index in [1.807, 2.05) is 11.6 Å². The molecule has 33 heavy (non-hydrogen) atoms. The van der Waals surface area contributed by atoms with E-state index in [4.69, 9.17) is 16.3 Å². The monoisotopic (exact) mass is 485 g/mol. The Kier molecular flexibility index (Phi) is 7.20. The Hall–Kier alpha value is -3.04. The molecular formula is C23H24ClN5O3S. The lowest BCUT2D eigenvalue weighted by molar-refractivity contribution is -0.113. The van der Waals surface area contributed by atoms with Gasteiger partial charge in [-0.25, -0.2) is 0 Å². The summed E-state index contributed by atoms with van der Waals surface area (Å²) in [6.45, 7) is 0.633. The zero-order valence-electron chi connectivity index (χ0n) is 18.3. The molecule has 0 bridgehead atoms. The standard InChI is InChI=1S/C23H24ClN5O3S/c1-28-21(19-8-5-13-29(19)22(31)17-6-3-4-7-18(17)24)26-27-23(28)33-14-20(30)25-15-9-11-16(32-2)12-10-15/h3-4,6-7,9-12,19H,5,8,13-14H2,1-2H3,(H,25,30). The number of carbonyl (C=O) groups excluding carboxylic acids is 2. The van der Waals surface area contributed by atoms with Crippen LogP contribution in [0, 0.1) is 0 Å². The number of thioether (sulfide) groups is 1. The number of anilines is 1. The van der Waals surface area contributed by atoms with Crippen molar-refractivity contribution in [2.45, 2.75) is 24.0 Å². The number of likely N-dealkylation sites (tertiary alicyclic amines) is 1. The summed E-state index contributed by atoms with van der Waals surface area (Å²) in [6, 6.07) is 14.0. The van der Waals surface area contributed by atoms with Crippen LogP contribution in [0.25, 0.3) is 0 Å². The molecule has 0 aliphatic carbocycles. The van der Waals surface area contributed by atoms with Gasteiger partial charge in [-0.2, -0.15) is 0 Å². The molecule has 1 N–H and O–H groups in total. The number of hydrogen-bond donors (Lipinski definition) is 1. The molecule has 2 heterocycles. The summed E-state index contributed by atoms with van der Waals surface area (Å²) in [5.41, 5.74) is 1.18. The number of ether oxygens (including phenoxy) is 1. The molecule has 0 saturated carbocycles. The number of nitrogens with one attached hydrogen (secondary N) is 1. The SMILES string of the molecule is COc1ccc(NC(=O)CSc2nnc(C3CCCN3C(=O)c3ccccc3Cl)n2C)cc1. The van der Waals surface area contributed by atoms with Gasteiger partial charge in [0.2, 0.25) is 5.91 Å². The number of aromatic nitrogens is 3. The summed E-state index contributed by atoms with van der Waals surface area (Å²) in [5.74, 6) is 1.35. The maximum absolute atomic E-state index is 13.1. The van der Waals surface area contributed by atoms with Crippen LogP contribution in [0.15, 0.2) is 53.7 Å². The first-order valence-corrected chi connectivity index (χ1v) is 11.9. The fraction of sp³-hybridized carbons (Fsp3) is 0.304. The van der Waals surface area contributed by atoms with E-state index >= 15 is 0 Å². The van der Waals surface area contributed by atoms with Gasteiger partial charge in [-0.1, -0.05) is 35.5 Å². The van der Waals surface area contributed by atoms with Crippen LogP contribution >= 0.6 is 23.4 Å². The van der Waals surface area contributed by atoms with Crippen molar-refractivity contribution in [2.24, 2.45) is 7.05 Å². The average Bonchev–Trinajstić information content (AvgIpc) is 3.44. The highest BCUT2D eigenvalue weighted by molar-refractivity contribution is 7.99. The maximum atomic E-state index is 13.1. The van der Waals surface area contributed by atoms with E-state index in [9.17, 15) is 9.59 Å². The van der Waals surface area contributed by atoms with Crippen molar-refractivity contribution >= 4 is 40.9 Å². The van der Waals surface area contributed by atoms with E-state index in [0.29, 0.717) is 33.8 Å². The van der Waals surface area contributed by atoms with Crippen LogP contribution in [0.5, 0.6) is 5.75 Å². The highest BCUT2D eigenvalue weighted by Crippen LogP contribution is 2.34. The Morgan fingerprint density at radius 3 is 2.67 bits per heavy atom. The van der Waals surface area contributed by atoms with Crippen molar-refractivity contribution in [2.75, 3.05) is 24.7 Å². The number of benzene rings is 2. The lowest BCUT2D eigenvalue weighted by Gasteiger charge is -2.24. The topological polar surface area (TPSA) is 89.3 Å². The molecule has 1 aliphatic rings. The molecule has 1 saturated heterocycles. The van der Waals surface area contributed by atoms with E-state index in [1.165, 1.54) is 11.8 Å². The molecule has 1 aliphatic heterocycles. The van der Waals surface area contributed by atoms with Crippen molar-refractivity contribution < 1.29 is 14.3 Å². The molecule has 1 aromatic heterocycles. The minimum atomic E-state index is -0.186. The molecular weight excluding hydrogens is 462 g/mol. The van der Waals surface area contributed by atoms with E-state index in [1.54, 1.807) is 60.5 Å². The van der Waals surface area contributed by atoms with Crippen molar-refractivity contribution in [1.82, 2.24) is 19.7 Å². The third-order valence-corrected chi connectivity index (χ3v) is 6.84. The first-order chi connectivity index (χ1) is 16.0. The highest BCUT2D eigenvalue weighted by Gasteiger charge is 2.34. The molecule has 0 radical (unpaired) electrons. The zero-order valence-corrected chi connectivity index (χ0v) is 19.9. The number of carbonyl (C=O) groups is 2. The third kappa shape index (κ3) is 5.15. The van der Waals surface area contributed by atoms with Gasteiger partial charge in [-0.3, -0.25) is 9.59 Å².